The van der Waals surface area contributed by atoms with Crippen molar-refractivity contribution < 1.29 is 23.5 Å². The van der Waals surface area contributed by atoms with Crippen LogP contribution >= 0.6 is 0 Å². The number of nitrogens with zero attached hydrogens (tertiary/aromatic N) is 5. The minimum atomic E-state index is -1.23. The van der Waals surface area contributed by atoms with Crippen LogP contribution in [0.4, 0.5) is 10.1 Å². The minimum Gasteiger partial charge on any atom is -0.378 e. The summed E-state index contributed by atoms with van der Waals surface area (Å²) in [4.78, 5) is 49.5. The zero-order valence-electron chi connectivity index (χ0n) is 26.3. The van der Waals surface area contributed by atoms with Crippen molar-refractivity contribution in [1.82, 2.24) is 20.1 Å². The van der Waals surface area contributed by atoms with Gasteiger partial charge in [-0.25, -0.2) is 4.39 Å². The number of ketones is 1. The third-order valence-electron chi connectivity index (χ3n) is 9.36. The van der Waals surface area contributed by atoms with Gasteiger partial charge >= 0.3 is 0 Å². The first-order valence-electron chi connectivity index (χ1n) is 16.3. The van der Waals surface area contributed by atoms with E-state index in [4.69, 9.17) is 10.00 Å². The molecule has 0 radical (unpaired) electrons. The van der Waals surface area contributed by atoms with Crippen LogP contribution in [-0.4, -0.2) is 97.1 Å². The van der Waals surface area contributed by atoms with Gasteiger partial charge in [-0.1, -0.05) is 12.1 Å². The summed E-state index contributed by atoms with van der Waals surface area (Å²) in [5.74, 6) is -0.709. The number of nitrogens with one attached hydrogen (secondary N) is 1. The van der Waals surface area contributed by atoms with Crippen molar-refractivity contribution in [1.29, 1.82) is 5.26 Å². The lowest BCUT2D eigenvalue weighted by atomic mass is 9.88. The maximum absolute atomic E-state index is 15.0. The Balaban J connectivity index is 0.954. The quantitative estimate of drug-likeness (QED) is 0.370. The van der Waals surface area contributed by atoms with E-state index in [1.54, 1.807) is 23.1 Å². The lowest BCUT2D eigenvalue weighted by molar-refractivity contribution is 0.0645. The van der Waals surface area contributed by atoms with Crippen molar-refractivity contribution in [2.24, 2.45) is 5.92 Å². The number of Topliss-reactive ketones (excluding diaryl/α,β-unsaturated/α-hetero) is 1. The minimum absolute atomic E-state index is 0.103. The second-order valence-electron chi connectivity index (χ2n) is 12.4. The van der Waals surface area contributed by atoms with Crippen molar-refractivity contribution in [3.8, 4) is 6.07 Å². The van der Waals surface area contributed by atoms with Gasteiger partial charge in [-0.15, -0.1) is 0 Å². The number of piperidine rings is 2. The number of likely N-dealkylation sites (tertiary alicyclic amines) is 2. The topological polar surface area (TPSA) is 119 Å². The number of amides is 2. The molecule has 6 rings (SSSR count). The van der Waals surface area contributed by atoms with Gasteiger partial charge in [0.15, 0.2) is 5.78 Å². The number of pyridine rings is 1. The number of anilines is 1. The number of carbonyl (C=O) groups excluding carboxylic acids is 3. The van der Waals surface area contributed by atoms with Gasteiger partial charge in [-0.05, 0) is 73.4 Å². The Morgan fingerprint density at radius 2 is 1.60 bits per heavy atom. The molecule has 4 heterocycles. The molecule has 11 heteroatoms. The largest absolute Gasteiger partial charge is 0.378 e. The Hall–Kier alpha value is -4.66. The first-order valence-corrected chi connectivity index (χ1v) is 16.3. The van der Waals surface area contributed by atoms with Crippen LogP contribution < -0.4 is 10.2 Å². The number of ether oxygens (including phenoxy) is 1. The smallest absolute Gasteiger partial charge is 0.272 e. The number of hydrogen-bond donors (Lipinski definition) is 1. The van der Waals surface area contributed by atoms with Crippen LogP contribution in [0.15, 0.2) is 66.9 Å². The number of morpholine rings is 1. The third kappa shape index (κ3) is 7.84. The average Bonchev–Trinajstić information content (AvgIpc) is 3.13. The third-order valence-corrected chi connectivity index (χ3v) is 9.36. The maximum Gasteiger partial charge on any atom is 0.272 e. The van der Waals surface area contributed by atoms with Gasteiger partial charge < -0.3 is 19.9 Å². The Bertz CT molecular complexity index is 1590. The summed E-state index contributed by atoms with van der Waals surface area (Å²) < 4.78 is 20.5. The van der Waals surface area contributed by atoms with Crippen molar-refractivity contribution in [3.05, 3.63) is 94.8 Å². The normalized spacial score (nSPS) is 20.8. The fourth-order valence-corrected chi connectivity index (χ4v) is 6.52. The zero-order chi connectivity index (χ0) is 32.8. The maximum atomic E-state index is 15.0. The average molecular weight is 639 g/mol. The Morgan fingerprint density at radius 3 is 2.23 bits per heavy atom. The molecule has 3 aliphatic heterocycles. The van der Waals surface area contributed by atoms with Crippen LogP contribution in [0.3, 0.4) is 0 Å². The van der Waals surface area contributed by atoms with Crippen LogP contribution in [0.2, 0.25) is 0 Å². The van der Waals surface area contributed by atoms with E-state index in [1.807, 2.05) is 41.3 Å². The molecule has 2 atom stereocenters. The van der Waals surface area contributed by atoms with Gasteiger partial charge in [-0.2, -0.15) is 5.26 Å². The van der Waals surface area contributed by atoms with Gasteiger partial charge in [0.2, 0.25) is 0 Å². The SMILES string of the molecule is N#Cc1ccc(CN2CCC(NC(=O)c3ccc(C(=O)N4CCC(C(=O)c5ccc(N6CCOCC6)cc5)CC4)nc3)C(F)C2)cc1. The van der Waals surface area contributed by atoms with E-state index in [2.05, 4.69) is 21.3 Å². The van der Waals surface area contributed by atoms with Crippen LogP contribution in [0.25, 0.3) is 0 Å². The number of nitriles is 1. The van der Waals surface area contributed by atoms with Crippen molar-refractivity contribution in [2.75, 3.05) is 57.4 Å². The van der Waals surface area contributed by atoms with E-state index in [1.165, 1.54) is 12.3 Å². The molecule has 1 aromatic heterocycles. The second kappa shape index (κ2) is 14.8. The molecule has 1 N–H and O–H groups in total. The lowest BCUT2D eigenvalue weighted by Crippen LogP contribution is -2.52. The first-order chi connectivity index (χ1) is 22.9. The summed E-state index contributed by atoms with van der Waals surface area (Å²) in [6, 6.07) is 19.6. The number of benzene rings is 2. The lowest BCUT2D eigenvalue weighted by Gasteiger charge is -2.35. The monoisotopic (exact) mass is 638 g/mol. The Labute approximate surface area is 274 Å². The Kier molecular flexibility index (Phi) is 10.2. The van der Waals surface area contributed by atoms with Crippen molar-refractivity contribution in [2.45, 2.75) is 38.0 Å². The highest BCUT2D eigenvalue weighted by atomic mass is 19.1. The fourth-order valence-electron chi connectivity index (χ4n) is 6.52. The summed E-state index contributed by atoms with van der Waals surface area (Å²) in [7, 11) is 0. The van der Waals surface area contributed by atoms with E-state index in [-0.39, 0.29) is 35.4 Å². The van der Waals surface area contributed by atoms with Gasteiger partial charge in [0.1, 0.15) is 11.9 Å². The molecule has 3 fully saturated rings. The first kappa shape index (κ1) is 32.3. The highest BCUT2D eigenvalue weighted by Gasteiger charge is 2.32. The summed E-state index contributed by atoms with van der Waals surface area (Å²) in [5.41, 5.74) is 3.85. The molecule has 2 amide bonds. The number of aromatic nitrogens is 1. The van der Waals surface area contributed by atoms with Crippen molar-refractivity contribution in [3.63, 3.8) is 0 Å². The molecular formula is C36H39FN6O4. The molecule has 2 unspecified atom stereocenters. The van der Waals surface area contributed by atoms with Crippen molar-refractivity contribution >= 4 is 23.3 Å². The van der Waals surface area contributed by atoms with Gasteiger partial charge in [0.25, 0.3) is 11.8 Å². The number of alkyl halides is 1. The summed E-state index contributed by atoms with van der Waals surface area (Å²) in [5, 5.41) is 11.8. The van der Waals surface area contributed by atoms with E-state index in [9.17, 15) is 14.4 Å². The van der Waals surface area contributed by atoms with Gasteiger partial charge in [-0.3, -0.25) is 24.3 Å². The van der Waals surface area contributed by atoms with E-state index < -0.39 is 18.1 Å². The predicted molar refractivity (Wildman–Crippen MR) is 174 cm³/mol. The molecule has 10 nitrogen and oxygen atoms in total. The highest BCUT2D eigenvalue weighted by molar-refractivity contribution is 5.99. The molecule has 47 heavy (non-hydrogen) atoms. The highest BCUT2D eigenvalue weighted by Crippen LogP contribution is 2.25. The molecule has 0 bridgehead atoms. The summed E-state index contributed by atoms with van der Waals surface area (Å²) in [6.45, 7) is 5.39. The van der Waals surface area contributed by atoms with Crippen LogP contribution in [0.5, 0.6) is 0 Å². The molecule has 3 saturated heterocycles. The second-order valence-corrected chi connectivity index (χ2v) is 12.4. The molecule has 3 aromatic rings. The standard InChI is InChI=1S/C36H39FN6O4/c37-31-24-41(23-26-3-1-25(21-38)2-4-26)14-13-32(31)40-35(45)29-7-10-33(39-22-29)36(46)43-15-11-28(12-16-43)34(44)27-5-8-30(9-6-27)42-17-19-47-20-18-42/h1-10,22,28,31-32H,11-20,23-24H2,(H,40,45). The molecule has 244 valence electrons. The summed E-state index contributed by atoms with van der Waals surface area (Å²) in [6.07, 6.45) is 1.74. The van der Waals surface area contributed by atoms with E-state index in [0.717, 1.165) is 24.3 Å². The number of rotatable bonds is 8. The van der Waals surface area contributed by atoms with Crippen LogP contribution in [0, 0.1) is 17.2 Å². The molecule has 0 spiro atoms. The molecular weight excluding hydrogens is 599 g/mol. The van der Waals surface area contributed by atoms with E-state index >= 15 is 4.39 Å². The molecule has 0 aliphatic carbocycles. The molecule has 0 saturated carbocycles. The van der Waals surface area contributed by atoms with Crippen LogP contribution in [-0.2, 0) is 11.3 Å². The molecule has 2 aromatic carbocycles. The van der Waals surface area contributed by atoms with E-state index in [0.29, 0.717) is 69.8 Å². The predicted octanol–water partition coefficient (Wildman–Crippen LogP) is 3.87. The van der Waals surface area contributed by atoms with Crippen LogP contribution in [0.1, 0.15) is 61.6 Å². The fraction of sp³-hybridized carbons (Fsp3) is 0.417. The molecule has 3 aliphatic rings. The van der Waals surface area contributed by atoms with Gasteiger partial charge in [0, 0.05) is 69.2 Å². The number of hydrogen-bond acceptors (Lipinski definition) is 8. The summed E-state index contributed by atoms with van der Waals surface area (Å²) >= 11 is 0. The van der Waals surface area contributed by atoms with Gasteiger partial charge in [0.05, 0.1) is 36.5 Å². The number of carbonyl (C=O) groups is 3. The Morgan fingerprint density at radius 1 is 0.894 bits per heavy atom. The number of halogens is 1. The zero-order valence-corrected chi connectivity index (χ0v) is 26.3.